The summed E-state index contributed by atoms with van der Waals surface area (Å²) in [5.74, 6) is 0.294. The third-order valence-corrected chi connectivity index (χ3v) is 4.69. The van der Waals surface area contributed by atoms with Crippen molar-refractivity contribution in [3.63, 3.8) is 0 Å². The Balaban J connectivity index is 1.48. The molecule has 0 atom stereocenters. The van der Waals surface area contributed by atoms with Gasteiger partial charge in [-0.2, -0.15) is 0 Å². The van der Waals surface area contributed by atoms with Crippen LogP contribution in [0.1, 0.15) is 46.0 Å². The Kier molecular flexibility index (Phi) is 6.42. The van der Waals surface area contributed by atoms with E-state index in [0.29, 0.717) is 23.4 Å². The number of nitrogens with one attached hydrogen (secondary N) is 1. The molecule has 0 bridgehead atoms. The number of nitrogens with zero attached hydrogens (tertiary/aromatic N) is 1. The number of ketones is 1. The zero-order valence-electron chi connectivity index (χ0n) is 15.9. The number of amides is 2. The van der Waals surface area contributed by atoms with E-state index in [1.54, 1.807) is 30.3 Å². The molecule has 1 N–H and O–H groups in total. The molecule has 0 unspecified atom stereocenters. The minimum atomic E-state index is -0.257. The monoisotopic (exact) mass is 380 g/mol. The summed E-state index contributed by atoms with van der Waals surface area (Å²) < 4.78 is 5.44. The van der Waals surface area contributed by atoms with Crippen LogP contribution in [-0.4, -0.2) is 42.2 Å². The summed E-state index contributed by atoms with van der Waals surface area (Å²) in [6.45, 7) is 3.32. The minimum absolute atomic E-state index is 0.0188. The number of ether oxygens (including phenoxy) is 1. The minimum Gasteiger partial charge on any atom is -0.484 e. The Morgan fingerprint density at radius 3 is 2.39 bits per heavy atom. The lowest BCUT2D eigenvalue weighted by atomic mass is 10.1. The van der Waals surface area contributed by atoms with Gasteiger partial charge in [0.15, 0.2) is 12.4 Å². The molecule has 3 rings (SSSR count). The fourth-order valence-corrected chi connectivity index (χ4v) is 3.10. The van der Waals surface area contributed by atoms with Crippen LogP contribution in [0.25, 0.3) is 0 Å². The van der Waals surface area contributed by atoms with Crippen LogP contribution >= 0.6 is 0 Å². The zero-order chi connectivity index (χ0) is 19.9. The molecule has 6 nitrogen and oxygen atoms in total. The van der Waals surface area contributed by atoms with E-state index < -0.39 is 0 Å². The first-order valence-electron chi connectivity index (χ1n) is 9.41. The highest BCUT2D eigenvalue weighted by molar-refractivity contribution is 5.94. The third kappa shape index (κ3) is 5.19. The Morgan fingerprint density at radius 1 is 1.00 bits per heavy atom. The molecule has 1 fully saturated rings. The van der Waals surface area contributed by atoms with E-state index >= 15 is 0 Å². The molecule has 0 radical (unpaired) electrons. The lowest BCUT2D eigenvalue weighted by molar-refractivity contribution is -0.123. The van der Waals surface area contributed by atoms with Crippen molar-refractivity contribution < 1.29 is 19.1 Å². The first kappa shape index (κ1) is 19.6. The summed E-state index contributed by atoms with van der Waals surface area (Å²) in [4.78, 5) is 37.6. The predicted octanol–water partition coefficient (Wildman–Crippen LogP) is 2.82. The Bertz CT molecular complexity index is 855. The van der Waals surface area contributed by atoms with Gasteiger partial charge in [-0.05, 0) is 61.7 Å². The number of hydrogen-bond acceptors (Lipinski definition) is 4. The molecule has 2 aromatic rings. The summed E-state index contributed by atoms with van der Waals surface area (Å²) in [5.41, 5.74) is 2.11. The van der Waals surface area contributed by atoms with Crippen LogP contribution < -0.4 is 10.1 Å². The predicted molar refractivity (Wildman–Crippen MR) is 105 cm³/mol. The lowest BCUT2D eigenvalue weighted by Crippen LogP contribution is -2.29. The fourth-order valence-electron chi connectivity index (χ4n) is 3.10. The van der Waals surface area contributed by atoms with E-state index in [1.807, 2.05) is 23.1 Å². The van der Waals surface area contributed by atoms with Gasteiger partial charge in [-0.3, -0.25) is 14.4 Å². The van der Waals surface area contributed by atoms with Crippen LogP contribution in [0.4, 0.5) is 0 Å². The summed E-state index contributed by atoms with van der Waals surface area (Å²) in [6, 6.07) is 14.0. The average molecular weight is 380 g/mol. The highest BCUT2D eigenvalue weighted by atomic mass is 16.5. The van der Waals surface area contributed by atoms with Gasteiger partial charge in [0.1, 0.15) is 5.75 Å². The van der Waals surface area contributed by atoms with Gasteiger partial charge in [0.05, 0.1) is 0 Å². The summed E-state index contributed by atoms with van der Waals surface area (Å²) in [7, 11) is 0. The maximum atomic E-state index is 12.5. The molecule has 146 valence electrons. The quantitative estimate of drug-likeness (QED) is 0.750. The van der Waals surface area contributed by atoms with E-state index in [0.717, 1.165) is 31.5 Å². The molecule has 6 heteroatoms. The molecular formula is C22H24N2O4. The van der Waals surface area contributed by atoms with Gasteiger partial charge >= 0.3 is 0 Å². The number of carbonyl (C=O) groups excluding carboxylic acids is 3. The average Bonchev–Trinajstić information content (AvgIpc) is 3.25. The van der Waals surface area contributed by atoms with Crippen molar-refractivity contribution >= 4 is 17.6 Å². The highest BCUT2D eigenvalue weighted by Gasteiger charge is 2.19. The number of hydrogen-bond donors (Lipinski definition) is 1. The van der Waals surface area contributed by atoms with Crippen molar-refractivity contribution in [1.82, 2.24) is 10.2 Å². The molecule has 1 heterocycles. The number of benzene rings is 2. The second kappa shape index (κ2) is 9.17. The Labute approximate surface area is 164 Å². The third-order valence-electron chi connectivity index (χ3n) is 4.69. The smallest absolute Gasteiger partial charge is 0.258 e. The molecule has 0 aliphatic carbocycles. The first-order valence-corrected chi connectivity index (χ1v) is 9.41. The maximum absolute atomic E-state index is 12.5. The largest absolute Gasteiger partial charge is 0.484 e. The second-order valence-corrected chi connectivity index (χ2v) is 6.85. The van der Waals surface area contributed by atoms with Gasteiger partial charge in [0.2, 0.25) is 0 Å². The molecule has 0 aromatic heterocycles. The standard InChI is InChI=1S/C22H24N2O4/c1-16(25)18-7-9-20(10-8-18)28-15-21(26)23-14-17-5-4-6-19(13-17)22(27)24-11-2-3-12-24/h4-10,13H,2-3,11-12,14-15H2,1H3,(H,23,26). The van der Waals surface area contributed by atoms with E-state index in [-0.39, 0.29) is 24.2 Å². The zero-order valence-corrected chi connectivity index (χ0v) is 15.9. The van der Waals surface area contributed by atoms with Crippen molar-refractivity contribution in [3.8, 4) is 5.75 Å². The molecule has 1 aliphatic heterocycles. The van der Waals surface area contributed by atoms with Gasteiger partial charge in [0.25, 0.3) is 11.8 Å². The first-order chi connectivity index (χ1) is 13.5. The molecule has 2 amide bonds. The van der Waals surface area contributed by atoms with Crippen LogP contribution in [-0.2, 0) is 11.3 Å². The van der Waals surface area contributed by atoms with Crippen LogP contribution in [0.2, 0.25) is 0 Å². The van der Waals surface area contributed by atoms with Crippen LogP contribution in [0.5, 0.6) is 5.75 Å². The summed E-state index contributed by atoms with van der Waals surface area (Å²) in [6.07, 6.45) is 2.11. The number of Topliss-reactive ketones (excluding diaryl/α,β-unsaturated/α-hetero) is 1. The van der Waals surface area contributed by atoms with E-state index in [2.05, 4.69) is 5.32 Å². The van der Waals surface area contributed by atoms with Crippen molar-refractivity contribution in [3.05, 3.63) is 65.2 Å². The number of carbonyl (C=O) groups is 3. The second-order valence-electron chi connectivity index (χ2n) is 6.85. The van der Waals surface area contributed by atoms with Crippen LogP contribution in [0.15, 0.2) is 48.5 Å². The van der Waals surface area contributed by atoms with Gasteiger partial charge in [0, 0.05) is 30.8 Å². The van der Waals surface area contributed by atoms with E-state index in [9.17, 15) is 14.4 Å². The molecule has 0 saturated carbocycles. The Morgan fingerprint density at radius 2 is 1.71 bits per heavy atom. The van der Waals surface area contributed by atoms with E-state index in [4.69, 9.17) is 4.74 Å². The fraction of sp³-hybridized carbons (Fsp3) is 0.318. The maximum Gasteiger partial charge on any atom is 0.258 e. The van der Waals surface area contributed by atoms with Gasteiger partial charge < -0.3 is 15.0 Å². The summed E-state index contributed by atoms with van der Waals surface area (Å²) >= 11 is 0. The van der Waals surface area contributed by atoms with Gasteiger partial charge in [-0.15, -0.1) is 0 Å². The molecular weight excluding hydrogens is 356 g/mol. The molecule has 0 spiro atoms. The molecule has 1 saturated heterocycles. The van der Waals surface area contributed by atoms with Crippen molar-refractivity contribution in [2.24, 2.45) is 0 Å². The van der Waals surface area contributed by atoms with Crippen molar-refractivity contribution in [1.29, 1.82) is 0 Å². The normalized spacial score (nSPS) is 13.2. The SMILES string of the molecule is CC(=O)c1ccc(OCC(=O)NCc2cccc(C(=O)N3CCCC3)c2)cc1. The Hall–Kier alpha value is -3.15. The number of likely N-dealkylation sites (tertiary alicyclic amines) is 1. The number of rotatable bonds is 7. The van der Waals surface area contributed by atoms with Crippen LogP contribution in [0.3, 0.4) is 0 Å². The van der Waals surface area contributed by atoms with Crippen molar-refractivity contribution in [2.45, 2.75) is 26.3 Å². The molecule has 1 aliphatic rings. The van der Waals surface area contributed by atoms with Gasteiger partial charge in [-0.1, -0.05) is 12.1 Å². The summed E-state index contributed by atoms with van der Waals surface area (Å²) in [5, 5.41) is 2.79. The van der Waals surface area contributed by atoms with Gasteiger partial charge in [-0.25, -0.2) is 0 Å². The van der Waals surface area contributed by atoms with Crippen LogP contribution in [0, 0.1) is 0 Å². The highest BCUT2D eigenvalue weighted by Crippen LogP contribution is 2.14. The van der Waals surface area contributed by atoms with Crippen molar-refractivity contribution in [2.75, 3.05) is 19.7 Å². The van der Waals surface area contributed by atoms with E-state index in [1.165, 1.54) is 6.92 Å². The lowest BCUT2D eigenvalue weighted by Gasteiger charge is -2.15. The molecule has 2 aromatic carbocycles. The topological polar surface area (TPSA) is 75.7 Å². The molecule has 28 heavy (non-hydrogen) atoms.